The number of methoxy groups -OCH3 is 1. The average Bonchev–Trinajstić information content (AvgIpc) is 2.77. The summed E-state index contributed by atoms with van der Waals surface area (Å²) >= 11 is 0. The molecule has 150 valence electrons. The molecule has 0 aliphatic rings. The Labute approximate surface area is 170 Å². The van der Waals surface area contributed by atoms with Gasteiger partial charge >= 0.3 is 0 Å². The van der Waals surface area contributed by atoms with Crippen molar-refractivity contribution in [1.29, 1.82) is 0 Å². The maximum atomic E-state index is 12.3. The molecule has 0 saturated heterocycles. The molecule has 0 spiro atoms. The number of nitrogens with one attached hydrogen (secondary N) is 2. The third-order valence-corrected chi connectivity index (χ3v) is 4.04. The summed E-state index contributed by atoms with van der Waals surface area (Å²) in [6.45, 7) is 0.895. The largest absolute Gasteiger partial charge is 0.497 e. The molecule has 0 radical (unpaired) electrons. The fourth-order valence-electron chi connectivity index (χ4n) is 2.63. The van der Waals surface area contributed by atoms with Crippen LogP contribution < -0.4 is 24.8 Å². The molecule has 1 amide bonds. The first-order valence-corrected chi connectivity index (χ1v) is 9.32. The lowest BCUT2D eigenvalue weighted by Crippen LogP contribution is -2.22. The molecule has 0 bridgehead atoms. The molecule has 3 aromatic rings. The third-order valence-electron chi connectivity index (χ3n) is 4.04. The summed E-state index contributed by atoms with van der Waals surface area (Å²) in [6, 6.07) is 24.3. The molecule has 0 unspecified atom stereocenters. The first-order valence-electron chi connectivity index (χ1n) is 9.32. The Morgan fingerprint density at radius 1 is 0.828 bits per heavy atom. The number of carbonyl (C=O) groups excluding carboxylic acids is 1. The van der Waals surface area contributed by atoms with Gasteiger partial charge in [-0.2, -0.15) is 0 Å². The Morgan fingerprint density at radius 2 is 1.55 bits per heavy atom. The van der Waals surface area contributed by atoms with Crippen LogP contribution in [-0.4, -0.2) is 32.8 Å². The van der Waals surface area contributed by atoms with Gasteiger partial charge in [-0.25, -0.2) is 0 Å². The second-order valence-corrected chi connectivity index (χ2v) is 6.14. The normalized spacial score (nSPS) is 10.1. The van der Waals surface area contributed by atoms with Crippen LogP contribution in [0.1, 0.15) is 0 Å². The van der Waals surface area contributed by atoms with E-state index >= 15 is 0 Å². The Balaban J connectivity index is 1.48. The van der Waals surface area contributed by atoms with Gasteiger partial charge < -0.3 is 24.8 Å². The minimum Gasteiger partial charge on any atom is -0.497 e. The Kier molecular flexibility index (Phi) is 7.34. The van der Waals surface area contributed by atoms with E-state index in [0.29, 0.717) is 24.7 Å². The molecule has 3 aromatic carbocycles. The summed E-state index contributed by atoms with van der Waals surface area (Å²) in [7, 11) is 1.60. The number of hydrogen-bond acceptors (Lipinski definition) is 5. The van der Waals surface area contributed by atoms with Gasteiger partial charge in [0.2, 0.25) is 5.91 Å². The minimum atomic E-state index is -0.176. The lowest BCUT2D eigenvalue weighted by Gasteiger charge is -2.13. The summed E-state index contributed by atoms with van der Waals surface area (Å²) in [4.78, 5) is 12.3. The molecule has 6 nitrogen and oxygen atoms in total. The summed E-state index contributed by atoms with van der Waals surface area (Å²) in [5, 5.41) is 5.95. The van der Waals surface area contributed by atoms with Gasteiger partial charge in [-0.15, -0.1) is 0 Å². The van der Waals surface area contributed by atoms with Crippen LogP contribution in [0.5, 0.6) is 17.2 Å². The minimum absolute atomic E-state index is 0.124. The van der Waals surface area contributed by atoms with Crippen molar-refractivity contribution >= 4 is 17.3 Å². The highest BCUT2D eigenvalue weighted by atomic mass is 16.5. The van der Waals surface area contributed by atoms with E-state index in [9.17, 15) is 4.79 Å². The SMILES string of the molecule is COc1cccc(NCC(=O)Nc2ccccc2OCCOc2ccccc2)c1. The van der Waals surface area contributed by atoms with Crippen molar-refractivity contribution in [3.8, 4) is 17.2 Å². The molecule has 0 atom stereocenters. The van der Waals surface area contributed by atoms with Gasteiger partial charge in [0.05, 0.1) is 19.3 Å². The van der Waals surface area contributed by atoms with Crippen LogP contribution in [0.4, 0.5) is 11.4 Å². The van der Waals surface area contributed by atoms with Crippen LogP contribution in [-0.2, 0) is 4.79 Å². The topological polar surface area (TPSA) is 68.8 Å². The van der Waals surface area contributed by atoms with Gasteiger partial charge in [0.1, 0.15) is 30.5 Å². The number of carbonyl (C=O) groups is 1. The molecule has 0 heterocycles. The maximum absolute atomic E-state index is 12.3. The van der Waals surface area contributed by atoms with Gasteiger partial charge in [0.25, 0.3) is 0 Å². The van der Waals surface area contributed by atoms with Crippen molar-refractivity contribution in [1.82, 2.24) is 0 Å². The number of para-hydroxylation sites is 3. The first-order chi connectivity index (χ1) is 14.2. The Hall–Kier alpha value is -3.67. The van der Waals surface area contributed by atoms with Gasteiger partial charge in [-0.05, 0) is 36.4 Å². The second kappa shape index (κ2) is 10.6. The lowest BCUT2D eigenvalue weighted by molar-refractivity contribution is -0.114. The van der Waals surface area contributed by atoms with Crippen LogP contribution >= 0.6 is 0 Å². The van der Waals surface area contributed by atoms with Crippen molar-refractivity contribution < 1.29 is 19.0 Å². The summed E-state index contributed by atoms with van der Waals surface area (Å²) in [6.07, 6.45) is 0. The van der Waals surface area contributed by atoms with Crippen LogP contribution in [0.2, 0.25) is 0 Å². The van der Waals surface area contributed by atoms with Gasteiger partial charge in [-0.1, -0.05) is 36.4 Å². The quantitative estimate of drug-likeness (QED) is 0.506. The zero-order valence-electron chi connectivity index (χ0n) is 16.3. The molecule has 2 N–H and O–H groups in total. The average molecular weight is 392 g/mol. The molecule has 0 aromatic heterocycles. The summed E-state index contributed by atoms with van der Waals surface area (Å²) in [5.41, 5.74) is 1.42. The highest BCUT2D eigenvalue weighted by molar-refractivity contribution is 5.95. The van der Waals surface area contributed by atoms with Gasteiger partial charge in [-0.3, -0.25) is 4.79 Å². The van der Waals surface area contributed by atoms with E-state index in [1.807, 2.05) is 72.8 Å². The van der Waals surface area contributed by atoms with E-state index in [-0.39, 0.29) is 12.5 Å². The zero-order chi connectivity index (χ0) is 20.3. The monoisotopic (exact) mass is 392 g/mol. The molecule has 0 saturated carbocycles. The number of amides is 1. The van der Waals surface area contributed by atoms with Crippen LogP contribution in [0, 0.1) is 0 Å². The number of anilines is 2. The predicted molar refractivity (Wildman–Crippen MR) is 114 cm³/mol. The zero-order valence-corrected chi connectivity index (χ0v) is 16.3. The molecule has 6 heteroatoms. The van der Waals surface area contributed by atoms with E-state index in [1.165, 1.54) is 0 Å². The molecular weight excluding hydrogens is 368 g/mol. The number of benzene rings is 3. The van der Waals surface area contributed by atoms with Crippen LogP contribution in [0.3, 0.4) is 0 Å². The molecule has 0 fully saturated rings. The molecular formula is C23H24N2O4. The van der Waals surface area contributed by atoms with Crippen molar-refractivity contribution in [2.45, 2.75) is 0 Å². The fourth-order valence-corrected chi connectivity index (χ4v) is 2.63. The van der Waals surface area contributed by atoms with E-state index in [0.717, 1.165) is 17.2 Å². The number of rotatable bonds is 10. The smallest absolute Gasteiger partial charge is 0.243 e. The summed E-state index contributed by atoms with van der Waals surface area (Å²) < 4.78 is 16.6. The predicted octanol–water partition coefficient (Wildman–Crippen LogP) is 4.20. The highest BCUT2D eigenvalue weighted by Gasteiger charge is 2.08. The standard InChI is InChI=1S/C23H24N2O4/c1-27-20-11-7-8-18(16-20)24-17-23(26)25-21-12-5-6-13-22(21)29-15-14-28-19-9-3-2-4-10-19/h2-13,16,24H,14-15,17H2,1H3,(H,25,26). The van der Waals surface area contributed by atoms with Crippen LogP contribution in [0.15, 0.2) is 78.9 Å². The van der Waals surface area contributed by atoms with Gasteiger partial charge in [0, 0.05) is 11.8 Å². The van der Waals surface area contributed by atoms with Crippen LogP contribution in [0.25, 0.3) is 0 Å². The van der Waals surface area contributed by atoms with Crippen molar-refractivity contribution in [2.75, 3.05) is 37.5 Å². The number of ether oxygens (including phenoxy) is 3. The van der Waals surface area contributed by atoms with Crippen molar-refractivity contribution in [2.24, 2.45) is 0 Å². The molecule has 3 rings (SSSR count). The second-order valence-electron chi connectivity index (χ2n) is 6.14. The molecule has 29 heavy (non-hydrogen) atoms. The molecule has 0 aliphatic carbocycles. The van der Waals surface area contributed by atoms with E-state index < -0.39 is 0 Å². The van der Waals surface area contributed by atoms with E-state index in [4.69, 9.17) is 14.2 Å². The molecule has 0 aliphatic heterocycles. The summed E-state index contributed by atoms with van der Waals surface area (Å²) in [5.74, 6) is 1.94. The van der Waals surface area contributed by atoms with E-state index in [2.05, 4.69) is 10.6 Å². The Bertz CT molecular complexity index is 916. The fraction of sp³-hybridized carbons (Fsp3) is 0.174. The van der Waals surface area contributed by atoms with E-state index in [1.54, 1.807) is 13.2 Å². The van der Waals surface area contributed by atoms with Gasteiger partial charge in [0.15, 0.2) is 0 Å². The highest BCUT2D eigenvalue weighted by Crippen LogP contribution is 2.24. The van der Waals surface area contributed by atoms with Crippen molar-refractivity contribution in [3.05, 3.63) is 78.9 Å². The third kappa shape index (κ3) is 6.46. The maximum Gasteiger partial charge on any atom is 0.243 e. The lowest BCUT2D eigenvalue weighted by atomic mass is 10.3. The first kappa shape index (κ1) is 20.1. The van der Waals surface area contributed by atoms with Crippen molar-refractivity contribution in [3.63, 3.8) is 0 Å². The Morgan fingerprint density at radius 3 is 2.38 bits per heavy atom. The number of hydrogen-bond donors (Lipinski definition) is 2.